The summed E-state index contributed by atoms with van der Waals surface area (Å²) in [6.07, 6.45) is 6.36. The van der Waals surface area contributed by atoms with E-state index in [0.29, 0.717) is 0 Å². The van der Waals surface area contributed by atoms with E-state index in [1.54, 1.807) is 0 Å². The van der Waals surface area contributed by atoms with Crippen molar-refractivity contribution in [3.63, 3.8) is 0 Å². The van der Waals surface area contributed by atoms with Gasteiger partial charge < -0.3 is 4.57 Å². The molecule has 0 unspecified atom stereocenters. The Morgan fingerprint density at radius 2 is 1.96 bits per heavy atom. The van der Waals surface area contributed by atoms with Gasteiger partial charge in [-0.05, 0) is 62.7 Å². The lowest BCUT2D eigenvalue weighted by Gasteiger charge is -2.16. The van der Waals surface area contributed by atoms with E-state index >= 15 is 0 Å². The van der Waals surface area contributed by atoms with Gasteiger partial charge in [-0.25, -0.2) is 4.98 Å². The Kier molecular flexibility index (Phi) is 6.01. The van der Waals surface area contributed by atoms with Crippen LogP contribution in [0.15, 0.2) is 23.1 Å². The van der Waals surface area contributed by atoms with Gasteiger partial charge in [-0.15, -0.1) is 11.8 Å². The second-order valence-electron chi connectivity index (χ2n) is 6.52. The van der Waals surface area contributed by atoms with E-state index in [2.05, 4.69) is 41.5 Å². The molecule has 0 N–H and O–H groups in total. The lowest BCUT2D eigenvalue weighted by atomic mass is 10.3. The number of rotatable bonds is 8. The number of hydrogen-bond donors (Lipinski definition) is 0. The van der Waals surface area contributed by atoms with Gasteiger partial charge in [0.1, 0.15) is 5.82 Å². The maximum absolute atomic E-state index is 4.96. The zero-order valence-electron chi connectivity index (χ0n) is 14.6. The lowest BCUT2D eigenvalue weighted by Crippen LogP contribution is -2.21. The number of aromatic nitrogens is 2. The first-order valence-corrected chi connectivity index (χ1v) is 10.1. The van der Waals surface area contributed by atoms with Crippen molar-refractivity contribution in [1.29, 1.82) is 0 Å². The van der Waals surface area contributed by atoms with E-state index < -0.39 is 0 Å². The minimum absolute atomic E-state index is 1.01. The highest BCUT2D eigenvalue weighted by molar-refractivity contribution is 7.99. The van der Waals surface area contributed by atoms with Crippen LogP contribution >= 0.6 is 11.8 Å². The van der Waals surface area contributed by atoms with E-state index in [4.69, 9.17) is 4.98 Å². The highest BCUT2D eigenvalue weighted by atomic mass is 32.2. The van der Waals surface area contributed by atoms with Crippen molar-refractivity contribution in [2.24, 2.45) is 0 Å². The Balaban J connectivity index is 1.90. The molecule has 0 aliphatic carbocycles. The van der Waals surface area contributed by atoms with Crippen molar-refractivity contribution in [2.75, 3.05) is 18.8 Å². The predicted molar refractivity (Wildman–Crippen MR) is 100 cm³/mol. The highest BCUT2D eigenvalue weighted by Crippen LogP contribution is 2.26. The van der Waals surface area contributed by atoms with Crippen LogP contribution in [0.4, 0.5) is 0 Å². The van der Waals surface area contributed by atoms with E-state index in [9.17, 15) is 0 Å². The van der Waals surface area contributed by atoms with Gasteiger partial charge in [0.05, 0.1) is 17.6 Å². The summed E-state index contributed by atoms with van der Waals surface area (Å²) in [6.45, 7) is 9.07. The number of benzene rings is 1. The van der Waals surface area contributed by atoms with Crippen LogP contribution in [-0.2, 0) is 13.1 Å². The molecule has 23 heavy (non-hydrogen) atoms. The Bertz CT molecular complexity index is 629. The van der Waals surface area contributed by atoms with Crippen molar-refractivity contribution >= 4 is 22.8 Å². The van der Waals surface area contributed by atoms with Gasteiger partial charge in [-0.2, -0.15) is 0 Å². The van der Waals surface area contributed by atoms with Gasteiger partial charge in [0.15, 0.2) is 0 Å². The van der Waals surface area contributed by atoms with Crippen molar-refractivity contribution in [3.05, 3.63) is 24.0 Å². The van der Waals surface area contributed by atoms with Crippen LogP contribution in [0.3, 0.4) is 0 Å². The van der Waals surface area contributed by atoms with Gasteiger partial charge in [-0.1, -0.05) is 20.3 Å². The summed E-state index contributed by atoms with van der Waals surface area (Å²) < 4.78 is 2.48. The molecule has 1 aromatic carbocycles. The molecule has 0 bridgehead atoms. The molecule has 1 fully saturated rings. The lowest BCUT2D eigenvalue weighted by molar-refractivity contribution is 0.316. The molecule has 0 atom stereocenters. The zero-order chi connectivity index (χ0) is 16.1. The van der Waals surface area contributed by atoms with Crippen molar-refractivity contribution in [1.82, 2.24) is 14.5 Å². The van der Waals surface area contributed by atoms with E-state index in [1.807, 2.05) is 11.8 Å². The Morgan fingerprint density at radius 3 is 2.70 bits per heavy atom. The molecule has 0 saturated carbocycles. The second kappa shape index (κ2) is 8.20. The average molecular weight is 332 g/mol. The van der Waals surface area contributed by atoms with Crippen LogP contribution in [0.5, 0.6) is 0 Å². The average Bonchev–Trinajstić information content (AvgIpc) is 3.18. The van der Waals surface area contributed by atoms with Crippen LogP contribution in [-0.4, -0.2) is 33.3 Å². The number of imidazole rings is 1. The number of aryl methyl sites for hydroxylation is 1. The third-order valence-corrected chi connectivity index (χ3v) is 5.77. The number of thioether (sulfide) groups is 1. The van der Waals surface area contributed by atoms with E-state index in [-0.39, 0.29) is 0 Å². The molecule has 126 valence electrons. The molecule has 2 aromatic rings. The van der Waals surface area contributed by atoms with Gasteiger partial charge in [0.2, 0.25) is 0 Å². The molecular formula is C19H29N3S. The van der Waals surface area contributed by atoms with Gasteiger partial charge >= 0.3 is 0 Å². The quantitative estimate of drug-likeness (QED) is 0.640. The summed E-state index contributed by atoms with van der Waals surface area (Å²) in [7, 11) is 0. The third kappa shape index (κ3) is 4.10. The van der Waals surface area contributed by atoms with Crippen molar-refractivity contribution in [2.45, 2.75) is 63.9 Å². The number of unbranched alkanes of at least 4 members (excludes halogenated alkanes) is 1. The molecule has 4 heteroatoms. The number of hydrogen-bond acceptors (Lipinski definition) is 3. The Morgan fingerprint density at radius 1 is 1.13 bits per heavy atom. The van der Waals surface area contributed by atoms with Crippen molar-refractivity contribution in [3.8, 4) is 0 Å². The van der Waals surface area contributed by atoms with Crippen molar-refractivity contribution < 1.29 is 0 Å². The standard InChI is InChI=1S/C19H29N3S/c1-3-5-12-22-18-14-16(23-13-4-2)8-9-17(18)20-19(22)15-21-10-6-7-11-21/h8-9,14H,3-7,10-13,15H2,1-2H3. The highest BCUT2D eigenvalue weighted by Gasteiger charge is 2.17. The molecule has 1 aromatic heterocycles. The zero-order valence-corrected chi connectivity index (χ0v) is 15.4. The molecule has 1 aliphatic rings. The minimum atomic E-state index is 1.01. The molecule has 1 saturated heterocycles. The minimum Gasteiger partial charge on any atom is -0.327 e. The fourth-order valence-corrected chi connectivity index (χ4v) is 4.09. The fraction of sp³-hybridized carbons (Fsp3) is 0.632. The summed E-state index contributed by atoms with van der Waals surface area (Å²) in [5.74, 6) is 2.45. The smallest absolute Gasteiger partial charge is 0.124 e. The van der Waals surface area contributed by atoms with Crippen LogP contribution in [0.1, 0.15) is 51.8 Å². The van der Waals surface area contributed by atoms with E-state index in [0.717, 1.165) is 18.6 Å². The molecule has 0 radical (unpaired) electrons. The maximum atomic E-state index is 4.96. The van der Waals surface area contributed by atoms with Gasteiger partial charge in [-0.3, -0.25) is 4.90 Å². The monoisotopic (exact) mass is 331 g/mol. The largest absolute Gasteiger partial charge is 0.327 e. The molecule has 0 amide bonds. The first-order valence-electron chi connectivity index (χ1n) is 9.16. The summed E-state index contributed by atoms with van der Waals surface area (Å²) in [6, 6.07) is 6.80. The van der Waals surface area contributed by atoms with Crippen LogP contribution in [0, 0.1) is 0 Å². The third-order valence-electron chi connectivity index (χ3n) is 4.57. The number of likely N-dealkylation sites (tertiary alicyclic amines) is 1. The first-order chi connectivity index (χ1) is 11.3. The fourth-order valence-electron chi connectivity index (χ4n) is 3.29. The summed E-state index contributed by atoms with van der Waals surface area (Å²) >= 11 is 1.96. The Hall–Kier alpha value is -1.00. The van der Waals surface area contributed by atoms with Crippen LogP contribution < -0.4 is 0 Å². The predicted octanol–water partition coefficient (Wildman–Crippen LogP) is 4.93. The summed E-state index contributed by atoms with van der Waals surface area (Å²) in [5, 5.41) is 0. The normalized spacial score (nSPS) is 15.7. The van der Waals surface area contributed by atoms with Crippen LogP contribution in [0.25, 0.3) is 11.0 Å². The molecule has 3 rings (SSSR count). The number of fused-ring (bicyclic) bond motifs is 1. The number of nitrogens with zero attached hydrogens (tertiary/aromatic N) is 3. The molecular weight excluding hydrogens is 302 g/mol. The SMILES string of the molecule is CCCCn1c(CN2CCCC2)nc2ccc(SCCC)cc21. The topological polar surface area (TPSA) is 21.1 Å². The summed E-state index contributed by atoms with van der Waals surface area (Å²) in [4.78, 5) is 8.89. The summed E-state index contributed by atoms with van der Waals surface area (Å²) in [5.41, 5.74) is 2.49. The maximum Gasteiger partial charge on any atom is 0.124 e. The Labute approximate surface area is 144 Å². The van der Waals surface area contributed by atoms with Gasteiger partial charge in [0.25, 0.3) is 0 Å². The first kappa shape index (κ1) is 16.8. The van der Waals surface area contributed by atoms with E-state index in [1.165, 1.54) is 67.2 Å². The van der Waals surface area contributed by atoms with Gasteiger partial charge in [0, 0.05) is 11.4 Å². The molecule has 0 spiro atoms. The van der Waals surface area contributed by atoms with Crippen LogP contribution in [0.2, 0.25) is 0 Å². The molecule has 1 aliphatic heterocycles. The molecule has 2 heterocycles. The second-order valence-corrected chi connectivity index (χ2v) is 7.68. The molecule has 3 nitrogen and oxygen atoms in total.